The minimum Gasteiger partial charge on any atom is -0.325 e. The lowest BCUT2D eigenvalue weighted by Gasteiger charge is -2.23. The van der Waals surface area contributed by atoms with E-state index in [2.05, 4.69) is 10.3 Å². The average Bonchev–Trinajstić information content (AvgIpc) is 2.92. The third-order valence-electron chi connectivity index (χ3n) is 4.02. The molecule has 3 rings (SSSR count). The Hall–Kier alpha value is -1.39. The van der Waals surface area contributed by atoms with Gasteiger partial charge in [-0.25, -0.2) is 4.68 Å². The summed E-state index contributed by atoms with van der Waals surface area (Å²) in [4.78, 5) is 0. The van der Waals surface area contributed by atoms with Gasteiger partial charge in [0.2, 0.25) is 0 Å². The average molecular weight is 291 g/mol. The van der Waals surface area contributed by atoms with Crippen LogP contribution in [0.2, 0.25) is 5.02 Å². The van der Waals surface area contributed by atoms with Crippen LogP contribution in [0.25, 0.3) is 5.69 Å². The van der Waals surface area contributed by atoms with Gasteiger partial charge in [0, 0.05) is 17.5 Å². The lowest BCUT2D eigenvalue weighted by molar-refractivity contribution is 0.428. The zero-order valence-electron chi connectivity index (χ0n) is 11.4. The van der Waals surface area contributed by atoms with Gasteiger partial charge in [-0.15, -0.1) is 5.10 Å². The van der Waals surface area contributed by atoms with Crippen molar-refractivity contribution in [2.75, 3.05) is 0 Å². The van der Waals surface area contributed by atoms with Crippen molar-refractivity contribution in [2.45, 2.75) is 44.6 Å². The number of nitrogens with zero attached hydrogens (tertiary/aromatic N) is 3. The molecule has 4 nitrogen and oxygen atoms in total. The van der Waals surface area contributed by atoms with Gasteiger partial charge in [0.05, 0.1) is 11.4 Å². The quantitative estimate of drug-likeness (QED) is 0.942. The molecule has 1 aliphatic rings. The maximum atomic E-state index is 6.09. The van der Waals surface area contributed by atoms with E-state index >= 15 is 0 Å². The Morgan fingerprint density at radius 2 is 2.05 bits per heavy atom. The molecule has 1 fully saturated rings. The van der Waals surface area contributed by atoms with Crippen molar-refractivity contribution in [3.8, 4) is 5.69 Å². The zero-order valence-corrected chi connectivity index (χ0v) is 12.2. The van der Waals surface area contributed by atoms with Crippen LogP contribution in [-0.2, 0) is 6.54 Å². The molecule has 2 aromatic rings. The van der Waals surface area contributed by atoms with Gasteiger partial charge in [0.25, 0.3) is 0 Å². The van der Waals surface area contributed by atoms with Crippen LogP contribution in [0.4, 0.5) is 0 Å². The number of nitrogens with two attached hydrogens (primary N) is 1. The largest absolute Gasteiger partial charge is 0.325 e. The van der Waals surface area contributed by atoms with Gasteiger partial charge in [-0.05, 0) is 31.0 Å². The summed E-state index contributed by atoms with van der Waals surface area (Å²) in [5, 5.41) is 9.27. The van der Waals surface area contributed by atoms with Crippen molar-refractivity contribution in [1.82, 2.24) is 15.0 Å². The molecule has 0 radical (unpaired) electrons. The van der Waals surface area contributed by atoms with E-state index in [1.807, 2.05) is 28.9 Å². The number of hydrogen-bond donors (Lipinski definition) is 1. The van der Waals surface area contributed by atoms with E-state index in [1.54, 1.807) is 0 Å². The molecule has 0 saturated heterocycles. The van der Waals surface area contributed by atoms with Crippen LogP contribution in [0.3, 0.4) is 0 Å². The molecule has 1 aliphatic carbocycles. The zero-order chi connectivity index (χ0) is 13.9. The van der Waals surface area contributed by atoms with Crippen LogP contribution in [0.1, 0.15) is 49.4 Å². The summed E-state index contributed by atoms with van der Waals surface area (Å²) in [5.41, 5.74) is 8.89. The highest BCUT2D eigenvalue weighted by atomic mass is 35.5. The highest BCUT2D eigenvalue weighted by Crippen LogP contribution is 2.35. The second-order valence-electron chi connectivity index (χ2n) is 5.35. The Kier molecular flexibility index (Phi) is 4.03. The van der Waals surface area contributed by atoms with E-state index < -0.39 is 0 Å². The maximum Gasteiger partial charge on any atom is 0.100 e. The number of hydrogen-bond acceptors (Lipinski definition) is 3. The first-order valence-corrected chi connectivity index (χ1v) is 7.58. The third-order valence-corrected chi connectivity index (χ3v) is 4.25. The van der Waals surface area contributed by atoms with E-state index in [0.29, 0.717) is 17.5 Å². The molecule has 0 unspecified atom stereocenters. The van der Waals surface area contributed by atoms with Crippen molar-refractivity contribution in [2.24, 2.45) is 5.73 Å². The van der Waals surface area contributed by atoms with Gasteiger partial charge in [-0.1, -0.05) is 42.1 Å². The fraction of sp³-hybridized carbons (Fsp3) is 0.467. The summed E-state index contributed by atoms with van der Waals surface area (Å²) >= 11 is 6.09. The highest BCUT2D eigenvalue weighted by molar-refractivity contribution is 6.30. The molecular weight excluding hydrogens is 272 g/mol. The Bertz CT molecular complexity index is 587. The van der Waals surface area contributed by atoms with Gasteiger partial charge in [0.15, 0.2) is 0 Å². The van der Waals surface area contributed by atoms with E-state index in [4.69, 9.17) is 17.3 Å². The summed E-state index contributed by atoms with van der Waals surface area (Å²) in [6, 6.07) is 7.73. The Morgan fingerprint density at radius 3 is 2.75 bits per heavy atom. The lowest BCUT2D eigenvalue weighted by atomic mass is 9.86. The smallest absolute Gasteiger partial charge is 0.100 e. The number of rotatable bonds is 3. The van der Waals surface area contributed by atoms with E-state index in [9.17, 15) is 0 Å². The lowest BCUT2D eigenvalue weighted by Crippen LogP contribution is -2.14. The van der Waals surface area contributed by atoms with Gasteiger partial charge in [-0.2, -0.15) is 0 Å². The molecule has 1 saturated carbocycles. The van der Waals surface area contributed by atoms with Crippen molar-refractivity contribution >= 4 is 11.6 Å². The summed E-state index contributed by atoms with van der Waals surface area (Å²) in [6.45, 7) is 0.437. The fourth-order valence-corrected chi connectivity index (χ4v) is 3.23. The molecular formula is C15H19ClN4. The third kappa shape index (κ3) is 2.58. The van der Waals surface area contributed by atoms with Crippen molar-refractivity contribution in [1.29, 1.82) is 0 Å². The van der Waals surface area contributed by atoms with Crippen LogP contribution < -0.4 is 5.73 Å². The first kappa shape index (κ1) is 13.6. The van der Waals surface area contributed by atoms with E-state index in [1.165, 1.54) is 37.8 Å². The molecule has 0 aliphatic heterocycles. The molecule has 0 amide bonds. The monoisotopic (exact) mass is 290 g/mol. The molecule has 0 bridgehead atoms. The van der Waals surface area contributed by atoms with E-state index in [0.717, 1.165) is 11.4 Å². The molecule has 0 spiro atoms. The molecule has 1 aromatic heterocycles. The highest BCUT2D eigenvalue weighted by Gasteiger charge is 2.24. The van der Waals surface area contributed by atoms with Crippen molar-refractivity contribution in [3.63, 3.8) is 0 Å². The minimum atomic E-state index is 0.437. The van der Waals surface area contributed by atoms with Gasteiger partial charge in [0.1, 0.15) is 5.69 Å². The first-order chi connectivity index (χ1) is 9.79. The van der Waals surface area contributed by atoms with Crippen molar-refractivity contribution < 1.29 is 0 Å². The Balaban J connectivity index is 2.04. The summed E-state index contributed by atoms with van der Waals surface area (Å²) in [6.07, 6.45) is 6.26. The fourth-order valence-electron chi connectivity index (χ4n) is 3.05. The molecule has 0 atom stereocenters. The van der Waals surface area contributed by atoms with Crippen molar-refractivity contribution in [3.05, 3.63) is 40.7 Å². The topological polar surface area (TPSA) is 56.7 Å². The predicted molar refractivity (Wildman–Crippen MR) is 80.1 cm³/mol. The van der Waals surface area contributed by atoms with Crippen LogP contribution >= 0.6 is 11.6 Å². The van der Waals surface area contributed by atoms with Crippen LogP contribution in [0.5, 0.6) is 0 Å². The number of benzene rings is 1. The van der Waals surface area contributed by atoms with Crippen LogP contribution in [0.15, 0.2) is 24.3 Å². The van der Waals surface area contributed by atoms with Crippen LogP contribution in [-0.4, -0.2) is 15.0 Å². The Labute approximate surface area is 123 Å². The summed E-state index contributed by atoms with van der Waals surface area (Å²) < 4.78 is 1.92. The first-order valence-electron chi connectivity index (χ1n) is 7.20. The number of halogens is 1. The second-order valence-corrected chi connectivity index (χ2v) is 5.79. The predicted octanol–water partition coefficient (Wildman–Crippen LogP) is 3.43. The van der Waals surface area contributed by atoms with Gasteiger partial charge >= 0.3 is 0 Å². The van der Waals surface area contributed by atoms with Crippen LogP contribution in [0, 0.1) is 0 Å². The molecule has 1 aromatic carbocycles. The number of aromatic nitrogens is 3. The molecule has 106 valence electrons. The molecule has 20 heavy (non-hydrogen) atoms. The van der Waals surface area contributed by atoms with Gasteiger partial charge < -0.3 is 5.73 Å². The Morgan fingerprint density at radius 1 is 1.25 bits per heavy atom. The molecule has 2 N–H and O–H groups in total. The maximum absolute atomic E-state index is 6.09. The second kappa shape index (κ2) is 5.94. The molecule has 5 heteroatoms. The minimum absolute atomic E-state index is 0.437. The standard InChI is InChI=1S/C15H19ClN4/c16-12-7-4-8-13(9-12)20-15(14(10-17)18-19-20)11-5-2-1-3-6-11/h4,7-9,11H,1-3,5-6,10,17H2. The summed E-state index contributed by atoms with van der Waals surface area (Å²) in [7, 11) is 0. The SMILES string of the molecule is NCc1nnn(-c2cccc(Cl)c2)c1C1CCCCC1. The normalized spacial score (nSPS) is 16.5. The van der Waals surface area contributed by atoms with E-state index in [-0.39, 0.29) is 0 Å². The molecule has 1 heterocycles. The van der Waals surface area contributed by atoms with Gasteiger partial charge in [-0.3, -0.25) is 0 Å². The summed E-state index contributed by atoms with van der Waals surface area (Å²) in [5.74, 6) is 0.510.